The van der Waals surface area contributed by atoms with Crippen molar-refractivity contribution in [2.45, 2.75) is 19.7 Å². The lowest BCUT2D eigenvalue weighted by atomic mass is 10.1. The second-order valence-electron chi connectivity index (χ2n) is 8.26. The minimum atomic E-state index is 0.157. The first-order valence-electron chi connectivity index (χ1n) is 11.1. The fraction of sp³-hybridized carbons (Fsp3) is 0.115. The summed E-state index contributed by atoms with van der Waals surface area (Å²) in [5.74, 6) is 0.620. The van der Waals surface area contributed by atoms with Crippen LogP contribution in [0.4, 0.5) is 0 Å². The highest BCUT2D eigenvalue weighted by molar-refractivity contribution is 6.31. The van der Waals surface area contributed by atoms with Gasteiger partial charge in [0, 0.05) is 40.6 Å². The number of hydrogen-bond acceptors (Lipinski definition) is 7. The molecular formula is C26H18ClN7O2. The molecule has 0 amide bonds. The number of benzene rings is 2. The monoisotopic (exact) mass is 495 g/mol. The average Bonchev–Trinajstić information content (AvgIpc) is 3.63. The van der Waals surface area contributed by atoms with E-state index in [0.717, 1.165) is 17.5 Å². The van der Waals surface area contributed by atoms with Crippen molar-refractivity contribution in [3.63, 3.8) is 0 Å². The maximum atomic E-state index is 9.16. The Kier molecular flexibility index (Phi) is 5.56. The molecule has 0 saturated heterocycles. The van der Waals surface area contributed by atoms with Gasteiger partial charge in [-0.05, 0) is 29.3 Å². The first-order valence-corrected chi connectivity index (χ1v) is 11.5. The van der Waals surface area contributed by atoms with E-state index in [1.807, 2.05) is 33.9 Å². The largest absolute Gasteiger partial charge is 0.472 e. The number of fused-ring (bicyclic) bond motifs is 2. The van der Waals surface area contributed by atoms with Gasteiger partial charge in [-0.2, -0.15) is 15.5 Å². The molecule has 6 aromatic rings. The molecule has 0 fully saturated rings. The lowest BCUT2D eigenvalue weighted by Gasteiger charge is -2.07. The lowest BCUT2D eigenvalue weighted by Crippen LogP contribution is -2.02. The van der Waals surface area contributed by atoms with Crippen molar-refractivity contribution in [2.24, 2.45) is 0 Å². The van der Waals surface area contributed by atoms with E-state index in [9.17, 15) is 0 Å². The molecule has 0 atom stereocenters. The van der Waals surface area contributed by atoms with E-state index in [1.54, 1.807) is 24.4 Å². The Balaban J connectivity index is 1.20. The summed E-state index contributed by atoms with van der Waals surface area (Å²) >= 11 is 6.25. The molecule has 0 radical (unpaired) electrons. The number of nitrogens with zero attached hydrogens (tertiary/aromatic N) is 7. The van der Waals surface area contributed by atoms with E-state index >= 15 is 0 Å². The van der Waals surface area contributed by atoms with E-state index in [2.05, 4.69) is 44.4 Å². The number of hydrogen-bond donors (Lipinski definition) is 0. The van der Waals surface area contributed by atoms with E-state index < -0.39 is 0 Å². The van der Waals surface area contributed by atoms with Crippen LogP contribution in [-0.2, 0) is 19.7 Å². The van der Waals surface area contributed by atoms with Crippen molar-refractivity contribution in [3.05, 3.63) is 101 Å². The van der Waals surface area contributed by atoms with Gasteiger partial charge in [0.05, 0.1) is 13.1 Å². The van der Waals surface area contributed by atoms with E-state index in [-0.39, 0.29) is 12.4 Å². The Morgan fingerprint density at radius 1 is 1.03 bits per heavy atom. The van der Waals surface area contributed by atoms with Gasteiger partial charge in [0.2, 0.25) is 11.6 Å². The Labute approximate surface area is 210 Å². The number of aromatic nitrogens is 6. The Hall–Kier alpha value is -4.68. The van der Waals surface area contributed by atoms with Crippen LogP contribution in [0.15, 0.2) is 77.9 Å². The van der Waals surface area contributed by atoms with Crippen LogP contribution in [-0.4, -0.2) is 29.5 Å². The maximum Gasteiger partial charge on any atom is 0.228 e. The zero-order chi connectivity index (χ0) is 24.5. The Bertz CT molecular complexity index is 1710. The summed E-state index contributed by atoms with van der Waals surface area (Å²) in [6.45, 7) is 1.46. The number of furan rings is 1. The number of rotatable bonds is 7. The number of halogens is 1. The van der Waals surface area contributed by atoms with Crippen molar-refractivity contribution >= 4 is 33.6 Å². The van der Waals surface area contributed by atoms with Crippen LogP contribution >= 0.6 is 11.6 Å². The lowest BCUT2D eigenvalue weighted by molar-refractivity contribution is 0.297. The zero-order valence-corrected chi connectivity index (χ0v) is 19.6. The van der Waals surface area contributed by atoms with Crippen LogP contribution in [0.3, 0.4) is 0 Å². The van der Waals surface area contributed by atoms with Gasteiger partial charge in [0.15, 0.2) is 5.65 Å². The predicted octanol–water partition coefficient (Wildman–Crippen LogP) is 4.97. The summed E-state index contributed by atoms with van der Waals surface area (Å²) in [4.78, 5) is 8.59. The quantitative estimate of drug-likeness (QED) is 0.307. The SMILES string of the molecule is N#Cc1cc2cc(Cl)cc(COc3ncnc4nn(Cc5ccc(Cn6cccn6)cc5)cc34)c2o1. The highest BCUT2D eigenvalue weighted by atomic mass is 35.5. The molecule has 2 aromatic carbocycles. The first kappa shape index (κ1) is 21.8. The molecule has 6 rings (SSSR count). The molecular weight excluding hydrogens is 478 g/mol. The van der Waals surface area contributed by atoms with E-state index in [4.69, 9.17) is 26.0 Å². The van der Waals surface area contributed by atoms with Crippen LogP contribution in [0.1, 0.15) is 22.5 Å². The summed E-state index contributed by atoms with van der Waals surface area (Å²) in [6.07, 6.45) is 7.01. The normalized spacial score (nSPS) is 11.2. The van der Waals surface area contributed by atoms with Crippen LogP contribution in [0.5, 0.6) is 5.88 Å². The summed E-state index contributed by atoms with van der Waals surface area (Å²) in [6, 6.07) is 17.4. The molecule has 0 aliphatic carbocycles. The third-order valence-electron chi connectivity index (χ3n) is 5.73. The van der Waals surface area contributed by atoms with Crippen molar-refractivity contribution in [1.82, 2.24) is 29.5 Å². The summed E-state index contributed by atoms with van der Waals surface area (Å²) in [5, 5.41) is 20.0. The van der Waals surface area contributed by atoms with Gasteiger partial charge in [-0.15, -0.1) is 0 Å². The minimum Gasteiger partial charge on any atom is -0.472 e. The maximum absolute atomic E-state index is 9.16. The number of ether oxygens (including phenoxy) is 1. The van der Waals surface area contributed by atoms with Gasteiger partial charge in [-0.25, -0.2) is 9.97 Å². The Morgan fingerprint density at radius 3 is 2.58 bits per heavy atom. The summed E-state index contributed by atoms with van der Waals surface area (Å²) < 4.78 is 15.4. The molecule has 0 saturated carbocycles. The van der Waals surface area contributed by atoms with E-state index in [0.29, 0.717) is 39.6 Å². The minimum absolute atomic E-state index is 0.157. The topological polar surface area (TPSA) is 108 Å². The van der Waals surface area contributed by atoms with Crippen molar-refractivity contribution in [2.75, 3.05) is 0 Å². The Morgan fingerprint density at radius 2 is 1.83 bits per heavy atom. The van der Waals surface area contributed by atoms with Gasteiger partial charge >= 0.3 is 0 Å². The standard InChI is InChI=1S/C26H18ClN7O2/c27-21-8-19-10-22(11-28)36-24(19)20(9-21)15-35-26-23-14-34(32-25(23)29-16-30-26)13-18-4-2-17(3-5-18)12-33-7-1-6-31-33/h1-10,14,16H,12-13,15H2. The van der Waals surface area contributed by atoms with Crippen molar-refractivity contribution < 1.29 is 9.15 Å². The third-order valence-corrected chi connectivity index (χ3v) is 5.95. The molecule has 36 heavy (non-hydrogen) atoms. The molecule has 176 valence electrons. The molecule has 0 aliphatic rings. The van der Waals surface area contributed by atoms with E-state index in [1.165, 1.54) is 11.9 Å². The molecule has 0 spiro atoms. The van der Waals surface area contributed by atoms with Gasteiger partial charge in [-0.1, -0.05) is 35.9 Å². The van der Waals surface area contributed by atoms with Gasteiger partial charge in [-0.3, -0.25) is 9.36 Å². The van der Waals surface area contributed by atoms with Gasteiger partial charge in [0.1, 0.15) is 30.0 Å². The second kappa shape index (κ2) is 9.17. The smallest absolute Gasteiger partial charge is 0.228 e. The van der Waals surface area contributed by atoms with Crippen molar-refractivity contribution in [3.8, 4) is 11.9 Å². The first-order chi connectivity index (χ1) is 17.6. The summed E-state index contributed by atoms with van der Waals surface area (Å²) in [5.41, 5.74) is 4.09. The fourth-order valence-corrected chi connectivity index (χ4v) is 4.32. The molecule has 9 nitrogen and oxygen atoms in total. The fourth-order valence-electron chi connectivity index (χ4n) is 4.07. The van der Waals surface area contributed by atoms with Crippen LogP contribution in [0.25, 0.3) is 22.0 Å². The molecule has 4 aromatic heterocycles. The highest BCUT2D eigenvalue weighted by Crippen LogP contribution is 2.29. The molecule has 0 bridgehead atoms. The second-order valence-corrected chi connectivity index (χ2v) is 8.69. The van der Waals surface area contributed by atoms with Crippen molar-refractivity contribution in [1.29, 1.82) is 5.26 Å². The molecule has 4 heterocycles. The third kappa shape index (κ3) is 4.37. The number of nitriles is 1. The van der Waals surface area contributed by atoms with Crippen LogP contribution < -0.4 is 4.74 Å². The molecule has 10 heteroatoms. The molecule has 0 N–H and O–H groups in total. The molecule has 0 unspecified atom stereocenters. The van der Waals surface area contributed by atoms with Gasteiger partial charge in [0.25, 0.3) is 0 Å². The van der Waals surface area contributed by atoms with Crippen LogP contribution in [0, 0.1) is 11.3 Å². The highest BCUT2D eigenvalue weighted by Gasteiger charge is 2.14. The average molecular weight is 496 g/mol. The van der Waals surface area contributed by atoms with Crippen LogP contribution in [0.2, 0.25) is 5.02 Å². The van der Waals surface area contributed by atoms with Gasteiger partial charge < -0.3 is 9.15 Å². The zero-order valence-electron chi connectivity index (χ0n) is 18.9. The molecule has 0 aliphatic heterocycles. The predicted molar refractivity (Wildman–Crippen MR) is 132 cm³/mol. The summed E-state index contributed by atoms with van der Waals surface area (Å²) in [7, 11) is 0.